The molecule has 0 spiro atoms. The van der Waals surface area contributed by atoms with Gasteiger partial charge >= 0.3 is 0 Å². The minimum atomic E-state index is -4.03. The molecule has 0 bridgehead atoms. The first-order valence-electron chi connectivity index (χ1n) is 9.00. The fourth-order valence-electron chi connectivity index (χ4n) is 2.83. The standard InChI is InChI=1S/C18H16F3N5O3S2/c1-29-8-2-3-12-13-5-4-11(31(27,28)25-18(10-19)6-7-18)9-26(13)15(22-12)17-24-23-16(30-17)14(20)21/h4-5,9,14,25H,6-8,10H2,1H3. The van der Waals surface area contributed by atoms with Crippen LogP contribution in [0.5, 0.6) is 0 Å². The maximum Gasteiger partial charge on any atom is 0.291 e. The van der Waals surface area contributed by atoms with Crippen molar-refractivity contribution in [3.05, 3.63) is 29.0 Å². The average molecular weight is 471 g/mol. The smallest absolute Gasteiger partial charge is 0.291 e. The summed E-state index contributed by atoms with van der Waals surface area (Å²) in [6.07, 6.45) is -0.683. The number of imidazole rings is 1. The van der Waals surface area contributed by atoms with Crippen LogP contribution in [-0.2, 0) is 14.8 Å². The quantitative estimate of drug-likeness (QED) is 0.532. The second kappa shape index (κ2) is 8.19. The number of nitrogens with one attached hydrogen (secondary N) is 1. The van der Waals surface area contributed by atoms with E-state index in [1.807, 2.05) is 0 Å². The summed E-state index contributed by atoms with van der Waals surface area (Å²) in [6.45, 7) is -0.657. The van der Waals surface area contributed by atoms with Gasteiger partial charge in [-0.05, 0) is 30.9 Å². The molecule has 0 saturated heterocycles. The van der Waals surface area contributed by atoms with Crippen LogP contribution in [0, 0.1) is 11.8 Å². The molecule has 1 N–H and O–H groups in total. The van der Waals surface area contributed by atoms with Crippen LogP contribution >= 0.6 is 11.3 Å². The Kier molecular flexibility index (Phi) is 5.73. The Labute approximate surface area is 179 Å². The molecule has 164 valence electrons. The molecule has 0 atom stereocenters. The van der Waals surface area contributed by atoms with Crippen molar-refractivity contribution in [3.8, 4) is 22.7 Å². The molecular weight excluding hydrogens is 455 g/mol. The van der Waals surface area contributed by atoms with Gasteiger partial charge < -0.3 is 4.74 Å². The number of halogens is 3. The van der Waals surface area contributed by atoms with Crippen molar-refractivity contribution in [3.63, 3.8) is 0 Å². The normalized spacial score (nSPS) is 15.3. The lowest BCUT2D eigenvalue weighted by Crippen LogP contribution is -2.38. The van der Waals surface area contributed by atoms with Gasteiger partial charge in [0.25, 0.3) is 6.43 Å². The molecule has 3 heterocycles. The van der Waals surface area contributed by atoms with Crippen molar-refractivity contribution >= 4 is 26.9 Å². The van der Waals surface area contributed by atoms with E-state index >= 15 is 0 Å². The summed E-state index contributed by atoms with van der Waals surface area (Å²) in [5.74, 6) is 5.68. The summed E-state index contributed by atoms with van der Waals surface area (Å²) in [7, 11) is -2.55. The molecule has 1 fully saturated rings. The van der Waals surface area contributed by atoms with Crippen molar-refractivity contribution in [1.82, 2.24) is 24.3 Å². The highest BCUT2D eigenvalue weighted by Gasteiger charge is 2.46. The predicted octanol–water partition coefficient (Wildman–Crippen LogP) is 2.57. The van der Waals surface area contributed by atoms with E-state index in [0.717, 1.165) is 0 Å². The van der Waals surface area contributed by atoms with Crippen molar-refractivity contribution in [2.75, 3.05) is 20.4 Å². The zero-order valence-electron chi connectivity index (χ0n) is 16.1. The third-order valence-corrected chi connectivity index (χ3v) is 7.11. The number of hydrogen-bond acceptors (Lipinski definition) is 7. The summed E-state index contributed by atoms with van der Waals surface area (Å²) in [5.41, 5.74) is -0.327. The Morgan fingerprint density at radius 2 is 2.13 bits per heavy atom. The van der Waals surface area contributed by atoms with Crippen LogP contribution in [0.25, 0.3) is 16.3 Å². The molecule has 3 aromatic heterocycles. The molecule has 1 saturated carbocycles. The highest BCUT2D eigenvalue weighted by Crippen LogP contribution is 2.37. The molecular formula is C18H16F3N5O3S2. The molecule has 0 aromatic carbocycles. The minimum Gasteiger partial charge on any atom is -0.372 e. The van der Waals surface area contributed by atoms with Gasteiger partial charge in [0.2, 0.25) is 10.0 Å². The molecule has 1 aliphatic carbocycles. The monoisotopic (exact) mass is 471 g/mol. The SMILES string of the molecule is COCC#Cc1nc(-c2nnc(C(F)F)s2)n2cc(S(=O)(=O)NC3(CF)CC3)ccc12. The Hall–Kier alpha value is -2.53. The number of fused-ring (bicyclic) bond motifs is 1. The van der Waals surface area contributed by atoms with Gasteiger partial charge in [-0.3, -0.25) is 4.40 Å². The molecule has 3 aromatic rings. The summed E-state index contributed by atoms with van der Waals surface area (Å²) in [4.78, 5) is 4.22. The van der Waals surface area contributed by atoms with Gasteiger partial charge in [-0.25, -0.2) is 31.3 Å². The van der Waals surface area contributed by atoms with Gasteiger partial charge in [-0.1, -0.05) is 17.3 Å². The van der Waals surface area contributed by atoms with E-state index in [9.17, 15) is 21.6 Å². The number of ether oxygens (including phenoxy) is 1. The first kappa shape index (κ1) is 21.7. The third-order valence-electron chi connectivity index (χ3n) is 4.62. The van der Waals surface area contributed by atoms with E-state index in [0.29, 0.717) is 35.4 Å². The van der Waals surface area contributed by atoms with E-state index in [2.05, 4.69) is 31.7 Å². The molecule has 13 heteroatoms. The second-order valence-electron chi connectivity index (χ2n) is 6.90. The van der Waals surface area contributed by atoms with Crippen molar-refractivity contribution in [1.29, 1.82) is 0 Å². The summed E-state index contributed by atoms with van der Waals surface area (Å²) < 4.78 is 73.3. The highest BCUT2D eigenvalue weighted by atomic mass is 32.2. The van der Waals surface area contributed by atoms with E-state index in [1.165, 1.54) is 29.8 Å². The maximum absolute atomic E-state index is 13.2. The van der Waals surface area contributed by atoms with E-state index in [4.69, 9.17) is 4.74 Å². The third kappa shape index (κ3) is 4.29. The number of methoxy groups -OCH3 is 1. The topological polar surface area (TPSA) is 98.5 Å². The number of pyridine rings is 1. The molecule has 0 aliphatic heterocycles. The molecule has 8 nitrogen and oxygen atoms in total. The number of aromatic nitrogens is 4. The van der Waals surface area contributed by atoms with E-state index in [-0.39, 0.29) is 22.3 Å². The summed E-state index contributed by atoms with van der Waals surface area (Å²) >= 11 is 0.644. The molecule has 31 heavy (non-hydrogen) atoms. The van der Waals surface area contributed by atoms with E-state index < -0.39 is 33.7 Å². The maximum atomic E-state index is 13.2. The molecule has 0 unspecified atom stereocenters. The Bertz CT molecular complexity index is 1290. The zero-order chi connectivity index (χ0) is 22.2. The van der Waals surface area contributed by atoms with Gasteiger partial charge in [0.15, 0.2) is 15.8 Å². The van der Waals surface area contributed by atoms with Crippen LogP contribution in [0.4, 0.5) is 13.2 Å². The lowest BCUT2D eigenvalue weighted by Gasteiger charge is -2.14. The van der Waals surface area contributed by atoms with Gasteiger partial charge in [0.1, 0.15) is 19.0 Å². The minimum absolute atomic E-state index is 0.0787. The van der Waals surface area contributed by atoms with Crippen LogP contribution in [0.15, 0.2) is 23.2 Å². The average Bonchev–Trinajstić information content (AvgIpc) is 3.17. The van der Waals surface area contributed by atoms with Gasteiger partial charge in [0.05, 0.1) is 16.0 Å². The Balaban J connectivity index is 1.83. The number of alkyl halides is 3. The Morgan fingerprint density at radius 1 is 1.35 bits per heavy atom. The first-order valence-corrected chi connectivity index (χ1v) is 11.3. The van der Waals surface area contributed by atoms with Crippen molar-refractivity contribution in [2.24, 2.45) is 0 Å². The van der Waals surface area contributed by atoms with E-state index in [1.54, 1.807) is 0 Å². The highest BCUT2D eigenvalue weighted by molar-refractivity contribution is 7.89. The fourth-order valence-corrected chi connectivity index (χ4v) is 4.95. The largest absolute Gasteiger partial charge is 0.372 e. The van der Waals surface area contributed by atoms with Gasteiger partial charge in [0, 0.05) is 13.3 Å². The van der Waals surface area contributed by atoms with Crippen LogP contribution in [0.1, 0.15) is 30.0 Å². The Morgan fingerprint density at radius 3 is 2.74 bits per heavy atom. The number of nitrogens with zero attached hydrogens (tertiary/aromatic N) is 4. The number of rotatable bonds is 7. The summed E-state index contributed by atoms with van der Waals surface area (Å²) in [6, 6.07) is 2.84. The van der Waals surface area contributed by atoms with Gasteiger partial charge in [-0.15, -0.1) is 10.2 Å². The zero-order valence-corrected chi connectivity index (χ0v) is 17.7. The van der Waals surface area contributed by atoms with Crippen molar-refractivity contribution < 1.29 is 26.3 Å². The number of hydrogen-bond donors (Lipinski definition) is 1. The van der Waals surface area contributed by atoms with Crippen molar-refractivity contribution in [2.45, 2.75) is 29.7 Å². The molecule has 4 rings (SSSR count). The lowest BCUT2D eigenvalue weighted by molar-refractivity contribution is 0.150. The van der Waals surface area contributed by atoms with Crippen LogP contribution in [-0.4, -0.2) is 53.9 Å². The number of sulfonamides is 1. The first-order chi connectivity index (χ1) is 14.8. The second-order valence-corrected chi connectivity index (χ2v) is 9.60. The van der Waals surface area contributed by atoms with Crippen LogP contribution < -0.4 is 4.72 Å². The van der Waals surface area contributed by atoms with Crippen LogP contribution in [0.3, 0.4) is 0 Å². The van der Waals surface area contributed by atoms with Crippen LogP contribution in [0.2, 0.25) is 0 Å². The lowest BCUT2D eigenvalue weighted by atomic mass is 10.3. The van der Waals surface area contributed by atoms with Gasteiger partial charge in [-0.2, -0.15) is 0 Å². The molecule has 0 amide bonds. The molecule has 1 aliphatic rings. The fraction of sp³-hybridized carbons (Fsp3) is 0.389. The predicted molar refractivity (Wildman–Crippen MR) is 106 cm³/mol. The molecule has 0 radical (unpaired) electrons. The summed E-state index contributed by atoms with van der Waals surface area (Å²) in [5, 5.41) is 6.81.